The molecule has 2 aromatic rings. The molecule has 6 heteroatoms. The molecule has 0 radical (unpaired) electrons. The van der Waals surface area contributed by atoms with Gasteiger partial charge in [-0.3, -0.25) is 4.90 Å². The van der Waals surface area contributed by atoms with Crippen molar-refractivity contribution in [1.82, 2.24) is 15.0 Å². The number of aromatic nitrogens is 2. The Labute approximate surface area is 104 Å². The molecule has 1 aliphatic rings. The molecule has 1 unspecified atom stereocenters. The molecule has 1 atom stereocenters. The van der Waals surface area contributed by atoms with Gasteiger partial charge in [-0.2, -0.15) is 4.98 Å². The van der Waals surface area contributed by atoms with Gasteiger partial charge in [-0.05, 0) is 31.5 Å². The summed E-state index contributed by atoms with van der Waals surface area (Å²) in [4.78, 5) is 6.40. The first kappa shape index (κ1) is 11.4. The minimum atomic E-state index is -0.244. The van der Waals surface area contributed by atoms with Gasteiger partial charge in [0.15, 0.2) is 5.76 Å². The SMILES string of the molecule is OC1CCCN(Cc2nc(-c3ccco3)no2)C1. The van der Waals surface area contributed by atoms with Crippen LogP contribution in [0.1, 0.15) is 18.7 Å². The van der Waals surface area contributed by atoms with Crippen LogP contribution in [-0.4, -0.2) is 39.3 Å². The van der Waals surface area contributed by atoms with Crippen LogP contribution in [-0.2, 0) is 6.54 Å². The predicted octanol–water partition coefficient (Wildman–Crippen LogP) is 1.29. The highest BCUT2D eigenvalue weighted by Crippen LogP contribution is 2.17. The van der Waals surface area contributed by atoms with Crippen molar-refractivity contribution in [3.8, 4) is 11.6 Å². The highest BCUT2D eigenvalue weighted by Gasteiger charge is 2.20. The molecule has 1 aliphatic heterocycles. The van der Waals surface area contributed by atoms with Gasteiger partial charge in [0.25, 0.3) is 0 Å². The fraction of sp³-hybridized carbons (Fsp3) is 0.500. The molecule has 1 N–H and O–H groups in total. The van der Waals surface area contributed by atoms with Crippen molar-refractivity contribution in [2.24, 2.45) is 0 Å². The summed E-state index contributed by atoms with van der Waals surface area (Å²) in [6, 6.07) is 3.58. The summed E-state index contributed by atoms with van der Waals surface area (Å²) in [5.41, 5.74) is 0. The number of furan rings is 1. The predicted molar refractivity (Wildman–Crippen MR) is 62.5 cm³/mol. The number of β-amino-alcohol motifs (C(OH)–C–C–N with tert-alkyl or cyclic N) is 1. The van der Waals surface area contributed by atoms with Crippen LogP contribution in [0, 0.1) is 0 Å². The fourth-order valence-electron chi connectivity index (χ4n) is 2.19. The standard InChI is InChI=1S/C12H15N3O3/c16-9-3-1-5-15(7-9)8-11-13-12(14-18-11)10-4-2-6-17-10/h2,4,6,9,16H,1,3,5,7-8H2. The summed E-state index contributed by atoms with van der Waals surface area (Å²) >= 11 is 0. The average molecular weight is 249 g/mol. The lowest BCUT2D eigenvalue weighted by Gasteiger charge is -2.28. The Bertz CT molecular complexity index is 494. The molecule has 18 heavy (non-hydrogen) atoms. The number of nitrogens with zero attached hydrogens (tertiary/aromatic N) is 3. The van der Waals surface area contributed by atoms with Crippen LogP contribution in [0.25, 0.3) is 11.6 Å². The van der Waals surface area contributed by atoms with E-state index in [0.29, 0.717) is 30.6 Å². The van der Waals surface area contributed by atoms with Crippen LogP contribution in [0.3, 0.4) is 0 Å². The number of aliphatic hydroxyl groups is 1. The van der Waals surface area contributed by atoms with Gasteiger partial charge in [0.05, 0.1) is 18.9 Å². The molecule has 96 valence electrons. The molecular weight excluding hydrogens is 234 g/mol. The van der Waals surface area contributed by atoms with Crippen LogP contribution in [0.15, 0.2) is 27.3 Å². The van der Waals surface area contributed by atoms with Crippen molar-refractivity contribution in [3.63, 3.8) is 0 Å². The monoisotopic (exact) mass is 249 g/mol. The Morgan fingerprint density at radius 3 is 3.22 bits per heavy atom. The van der Waals surface area contributed by atoms with Crippen molar-refractivity contribution in [2.75, 3.05) is 13.1 Å². The lowest BCUT2D eigenvalue weighted by Crippen LogP contribution is -2.37. The average Bonchev–Trinajstić information content (AvgIpc) is 2.98. The van der Waals surface area contributed by atoms with Crippen molar-refractivity contribution in [1.29, 1.82) is 0 Å². The third-order valence-corrected chi connectivity index (χ3v) is 3.05. The quantitative estimate of drug-likeness (QED) is 0.883. The van der Waals surface area contributed by atoms with E-state index < -0.39 is 0 Å². The molecule has 1 fully saturated rings. The first-order chi connectivity index (χ1) is 8.81. The van der Waals surface area contributed by atoms with Gasteiger partial charge in [0.1, 0.15) is 0 Å². The zero-order chi connectivity index (χ0) is 12.4. The first-order valence-electron chi connectivity index (χ1n) is 6.08. The Morgan fingerprint density at radius 1 is 1.50 bits per heavy atom. The third-order valence-electron chi connectivity index (χ3n) is 3.05. The van der Waals surface area contributed by atoms with Crippen molar-refractivity contribution in [2.45, 2.75) is 25.5 Å². The molecule has 0 aromatic carbocycles. The number of hydrogen-bond acceptors (Lipinski definition) is 6. The van der Waals surface area contributed by atoms with Gasteiger partial charge >= 0.3 is 0 Å². The van der Waals surface area contributed by atoms with E-state index in [4.69, 9.17) is 8.94 Å². The second-order valence-electron chi connectivity index (χ2n) is 4.52. The second-order valence-corrected chi connectivity index (χ2v) is 4.52. The third kappa shape index (κ3) is 2.44. The van der Waals surface area contributed by atoms with Gasteiger partial charge in [-0.1, -0.05) is 5.16 Å². The van der Waals surface area contributed by atoms with E-state index in [9.17, 15) is 5.11 Å². The van der Waals surface area contributed by atoms with Gasteiger partial charge in [-0.25, -0.2) is 0 Å². The van der Waals surface area contributed by atoms with Gasteiger partial charge in [0, 0.05) is 6.54 Å². The topological polar surface area (TPSA) is 75.5 Å². The number of aliphatic hydroxyl groups excluding tert-OH is 1. The van der Waals surface area contributed by atoms with E-state index in [-0.39, 0.29) is 6.10 Å². The summed E-state index contributed by atoms with van der Waals surface area (Å²) < 4.78 is 10.4. The Morgan fingerprint density at radius 2 is 2.44 bits per heavy atom. The summed E-state index contributed by atoms with van der Waals surface area (Å²) in [5, 5.41) is 13.5. The van der Waals surface area contributed by atoms with Crippen molar-refractivity contribution >= 4 is 0 Å². The lowest BCUT2D eigenvalue weighted by molar-refractivity contribution is 0.0613. The Hall–Kier alpha value is -1.66. The molecule has 3 rings (SSSR count). The molecule has 0 amide bonds. The summed E-state index contributed by atoms with van der Waals surface area (Å²) in [7, 11) is 0. The van der Waals surface area contributed by atoms with E-state index in [2.05, 4.69) is 15.0 Å². The van der Waals surface area contributed by atoms with Crippen LogP contribution >= 0.6 is 0 Å². The van der Waals surface area contributed by atoms with E-state index in [1.807, 2.05) is 0 Å². The molecule has 6 nitrogen and oxygen atoms in total. The zero-order valence-corrected chi connectivity index (χ0v) is 9.95. The van der Waals surface area contributed by atoms with Gasteiger partial charge in [-0.15, -0.1) is 0 Å². The molecule has 2 aromatic heterocycles. The second kappa shape index (κ2) is 4.91. The maximum absolute atomic E-state index is 9.59. The molecule has 0 aliphatic carbocycles. The maximum atomic E-state index is 9.59. The summed E-state index contributed by atoms with van der Waals surface area (Å²) in [6.07, 6.45) is 3.20. The Balaban J connectivity index is 1.66. The zero-order valence-electron chi connectivity index (χ0n) is 9.95. The number of rotatable bonds is 3. The van der Waals surface area contributed by atoms with E-state index in [0.717, 1.165) is 19.4 Å². The van der Waals surface area contributed by atoms with Gasteiger partial charge < -0.3 is 14.0 Å². The van der Waals surface area contributed by atoms with E-state index in [1.54, 1.807) is 18.4 Å². The van der Waals surface area contributed by atoms with Gasteiger partial charge in [0.2, 0.25) is 11.7 Å². The lowest BCUT2D eigenvalue weighted by atomic mass is 10.1. The highest BCUT2D eigenvalue weighted by molar-refractivity contribution is 5.44. The number of hydrogen-bond donors (Lipinski definition) is 1. The minimum Gasteiger partial charge on any atom is -0.461 e. The summed E-state index contributed by atoms with van der Waals surface area (Å²) in [5.74, 6) is 1.62. The number of piperidine rings is 1. The molecule has 1 saturated heterocycles. The molecule has 0 spiro atoms. The molecule has 3 heterocycles. The van der Waals surface area contributed by atoms with Crippen molar-refractivity contribution in [3.05, 3.63) is 24.3 Å². The maximum Gasteiger partial charge on any atom is 0.241 e. The molecular formula is C12H15N3O3. The van der Waals surface area contributed by atoms with E-state index >= 15 is 0 Å². The normalized spacial score (nSPS) is 21.3. The van der Waals surface area contributed by atoms with Crippen molar-refractivity contribution < 1.29 is 14.0 Å². The largest absolute Gasteiger partial charge is 0.461 e. The summed E-state index contributed by atoms with van der Waals surface area (Å²) in [6.45, 7) is 2.19. The number of likely N-dealkylation sites (tertiary alicyclic amines) is 1. The molecule has 0 bridgehead atoms. The molecule has 0 saturated carbocycles. The first-order valence-corrected chi connectivity index (χ1v) is 6.08. The smallest absolute Gasteiger partial charge is 0.241 e. The van der Waals surface area contributed by atoms with E-state index in [1.165, 1.54) is 0 Å². The van der Waals surface area contributed by atoms with Crippen LogP contribution in [0.4, 0.5) is 0 Å². The minimum absolute atomic E-state index is 0.244. The van der Waals surface area contributed by atoms with Crippen LogP contribution < -0.4 is 0 Å². The van der Waals surface area contributed by atoms with Crippen LogP contribution in [0.2, 0.25) is 0 Å². The Kier molecular flexibility index (Phi) is 3.12. The fourth-order valence-corrected chi connectivity index (χ4v) is 2.19. The highest BCUT2D eigenvalue weighted by atomic mass is 16.5. The van der Waals surface area contributed by atoms with Crippen LogP contribution in [0.5, 0.6) is 0 Å².